The molecule has 0 aliphatic rings. The first kappa shape index (κ1) is 23.6. The third-order valence-corrected chi connectivity index (χ3v) is 8.89. The lowest BCUT2D eigenvalue weighted by molar-refractivity contribution is 0.506. The Morgan fingerprint density at radius 1 is 0.839 bits per heavy atom. The van der Waals surface area contributed by atoms with E-state index < -0.39 is 10.0 Å². The van der Waals surface area contributed by atoms with Gasteiger partial charge in [-0.05, 0) is 56.0 Å². The van der Waals surface area contributed by atoms with E-state index in [-0.39, 0.29) is 16.9 Å². The average Bonchev–Trinajstić information content (AvgIpc) is 2.78. The first-order chi connectivity index (χ1) is 14.9. The predicted molar refractivity (Wildman–Crippen MR) is 132 cm³/mol. The van der Waals surface area contributed by atoms with Crippen LogP contribution in [0.25, 0.3) is 0 Å². The molecule has 164 valence electrons. The van der Waals surface area contributed by atoms with E-state index in [1.54, 1.807) is 12.1 Å². The number of benzene rings is 3. The smallest absolute Gasteiger partial charge is 0.208 e. The van der Waals surface area contributed by atoms with Gasteiger partial charge in [-0.3, -0.25) is 0 Å². The third kappa shape index (κ3) is 7.53. The molecule has 0 radical (unpaired) electrons. The van der Waals surface area contributed by atoms with Gasteiger partial charge in [0.1, 0.15) is 12.0 Å². The van der Waals surface area contributed by atoms with Crippen molar-refractivity contribution >= 4 is 20.9 Å². The zero-order valence-corrected chi connectivity index (χ0v) is 20.0. The Bertz CT molecular complexity index is 1020. The highest BCUT2D eigenvalue weighted by Gasteiger charge is 2.23. The molecule has 1 N–H and O–H groups in total. The van der Waals surface area contributed by atoms with Gasteiger partial charge >= 0.3 is 0 Å². The van der Waals surface area contributed by atoms with Crippen LogP contribution in [0.1, 0.15) is 30.4 Å². The van der Waals surface area contributed by atoms with Crippen LogP contribution in [0.15, 0.2) is 94.7 Å². The van der Waals surface area contributed by atoms with E-state index in [0.717, 1.165) is 37.0 Å². The SMILES string of the molecule is Cc1ccc(S(=O)(=O)N[C@H](CCCc2ccccc2)CC[S+](C)c2ccccc2)cc1. The molecule has 0 fully saturated rings. The lowest BCUT2D eigenvalue weighted by Gasteiger charge is -2.19. The minimum Gasteiger partial charge on any atom is -0.208 e. The Morgan fingerprint density at radius 2 is 1.45 bits per heavy atom. The fourth-order valence-electron chi connectivity index (χ4n) is 3.55. The maximum absolute atomic E-state index is 13.0. The van der Waals surface area contributed by atoms with E-state index in [9.17, 15) is 8.42 Å². The number of hydrogen-bond acceptors (Lipinski definition) is 2. The monoisotopic (exact) mass is 454 g/mol. The number of aryl methyl sites for hydroxylation is 2. The number of rotatable bonds is 11. The minimum atomic E-state index is -3.53. The minimum absolute atomic E-state index is 0.0753. The van der Waals surface area contributed by atoms with Crippen LogP contribution >= 0.6 is 0 Å². The summed E-state index contributed by atoms with van der Waals surface area (Å²) in [5.74, 6) is 0.969. The molecule has 0 aliphatic heterocycles. The van der Waals surface area contributed by atoms with Crippen molar-refractivity contribution in [1.29, 1.82) is 0 Å². The molecule has 3 aromatic rings. The van der Waals surface area contributed by atoms with Crippen molar-refractivity contribution in [2.45, 2.75) is 48.4 Å². The Labute approximate surface area is 190 Å². The second-order valence-corrected chi connectivity index (χ2v) is 11.8. The van der Waals surface area contributed by atoms with E-state index in [1.165, 1.54) is 10.5 Å². The molecular weight excluding hydrogens is 422 g/mol. The largest absolute Gasteiger partial charge is 0.240 e. The van der Waals surface area contributed by atoms with Crippen molar-refractivity contribution in [3.63, 3.8) is 0 Å². The van der Waals surface area contributed by atoms with Gasteiger partial charge in [0.2, 0.25) is 10.0 Å². The molecule has 0 aromatic heterocycles. The van der Waals surface area contributed by atoms with Crippen molar-refractivity contribution < 1.29 is 8.42 Å². The average molecular weight is 455 g/mol. The standard InChI is InChI=1S/C26H32NO2S2/c1-22-16-18-26(19-17-22)31(28,29)27-24(13-9-12-23-10-5-3-6-11-23)20-21-30(2)25-14-7-4-8-15-25/h3-8,10-11,14-19,24,27H,9,12-13,20-21H2,1-2H3/q+1/t24-,30?/m1/s1. The Hall–Kier alpha value is -2.08. The van der Waals surface area contributed by atoms with Crippen molar-refractivity contribution in [3.05, 3.63) is 96.1 Å². The van der Waals surface area contributed by atoms with Crippen LogP contribution in [-0.4, -0.2) is 26.5 Å². The molecule has 0 amide bonds. The van der Waals surface area contributed by atoms with Crippen LogP contribution in [0.5, 0.6) is 0 Å². The highest BCUT2D eigenvalue weighted by molar-refractivity contribution is 7.96. The third-order valence-electron chi connectivity index (χ3n) is 5.43. The van der Waals surface area contributed by atoms with E-state index in [2.05, 4.69) is 59.5 Å². The summed E-state index contributed by atoms with van der Waals surface area (Å²) in [7, 11) is -3.44. The van der Waals surface area contributed by atoms with Gasteiger partial charge in [-0.1, -0.05) is 66.2 Å². The second-order valence-electron chi connectivity index (χ2n) is 7.95. The maximum atomic E-state index is 13.0. The molecule has 0 spiro atoms. The van der Waals surface area contributed by atoms with Crippen molar-refractivity contribution in [1.82, 2.24) is 4.72 Å². The van der Waals surface area contributed by atoms with Gasteiger partial charge < -0.3 is 0 Å². The van der Waals surface area contributed by atoms with Gasteiger partial charge in [0.05, 0.1) is 4.90 Å². The van der Waals surface area contributed by atoms with E-state index in [1.807, 2.05) is 31.2 Å². The molecule has 2 atom stereocenters. The molecule has 3 nitrogen and oxygen atoms in total. The molecular formula is C26H32NO2S2+. The predicted octanol–water partition coefficient (Wildman–Crippen LogP) is 5.36. The molecule has 3 aromatic carbocycles. The summed E-state index contributed by atoms with van der Waals surface area (Å²) in [6.07, 6.45) is 5.80. The highest BCUT2D eigenvalue weighted by Crippen LogP contribution is 2.18. The number of sulfonamides is 1. The van der Waals surface area contributed by atoms with Crippen molar-refractivity contribution in [2.24, 2.45) is 0 Å². The molecule has 0 saturated carbocycles. The Balaban J connectivity index is 1.66. The molecule has 3 rings (SSSR count). The fraction of sp³-hybridized carbons (Fsp3) is 0.308. The second kappa shape index (κ2) is 11.5. The van der Waals surface area contributed by atoms with Gasteiger partial charge in [0.25, 0.3) is 0 Å². The van der Waals surface area contributed by atoms with Gasteiger partial charge in [-0.15, -0.1) is 0 Å². The molecule has 0 saturated heterocycles. The molecule has 0 heterocycles. The van der Waals surface area contributed by atoms with Crippen LogP contribution in [0.4, 0.5) is 0 Å². The molecule has 0 aliphatic carbocycles. The molecule has 31 heavy (non-hydrogen) atoms. The topological polar surface area (TPSA) is 46.2 Å². The maximum Gasteiger partial charge on any atom is 0.240 e. The van der Waals surface area contributed by atoms with E-state index >= 15 is 0 Å². The summed E-state index contributed by atoms with van der Waals surface area (Å²) < 4.78 is 29.0. The molecule has 1 unspecified atom stereocenters. The molecule has 5 heteroatoms. The summed E-state index contributed by atoms with van der Waals surface area (Å²) in [6.45, 7) is 1.96. The van der Waals surface area contributed by atoms with Gasteiger partial charge in [0.15, 0.2) is 4.90 Å². The summed E-state index contributed by atoms with van der Waals surface area (Å²) in [5, 5.41) is 0. The Morgan fingerprint density at radius 3 is 2.10 bits per heavy atom. The summed E-state index contributed by atoms with van der Waals surface area (Å²) >= 11 is 0. The van der Waals surface area contributed by atoms with Crippen LogP contribution < -0.4 is 4.72 Å². The summed E-state index contributed by atoms with van der Waals surface area (Å²) in [4.78, 5) is 1.66. The van der Waals surface area contributed by atoms with Crippen LogP contribution in [0.2, 0.25) is 0 Å². The fourth-order valence-corrected chi connectivity index (χ4v) is 6.35. The van der Waals surface area contributed by atoms with E-state index in [0.29, 0.717) is 4.90 Å². The zero-order valence-electron chi connectivity index (χ0n) is 18.3. The lowest BCUT2D eigenvalue weighted by Crippen LogP contribution is -2.36. The van der Waals surface area contributed by atoms with Crippen LogP contribution in [0.3, 0.4) is 0 Å². The zero-order chi connectivity index (χ0) is 22.1. The molecule has 0 bridgehead atoms. The first-order valence-corrected chi connectivity index (χ1v) is 14.0. The van der Waals surface area contributed by atoms with Crippen molar-refractivity contribution in [2.75, 3.05) is 12.0 Å². The first-order valence-electron chi connectivity index (χ1n) is 10.7. The van der Waals surface area contributed by atoms with Gasteiger partial charge in [-0.25, -0.2) is 13.1 Å². The lowest BCUT2D eigenvalue weighted by atomic mass is 10.0. The van der Waals surface area contributed by atoms with E-state index in [4.69, 9.17) is 0 Å². The summed E-state index contributed by atoms with van der Waals surface area (Å²) in [6, 6.07) is 27.8. The van der Waals surface area contributed by atoms with Gasteiger partial charge in [-0.2, -0.15) is 0 Å². The highest BCUT2D eigenvalue weighted by atomic mass is 32.2. The number of nitrogens with one attached hydrogen (secondary N) is 1. The quantitative estimate of drug-likeness (QED) is 0.396. The van der Waals surface area contributed by atoms with Crippen molar-refractivity contribution in [3.8, 4) is 0 Å². The summed E-state index contributed by atoms with van der Waals surface area (Å²) in [5.41, 5.74) is 2.35. The number of hydrogen-bond donors (Lipinski definition) is 1. The normalized spacial score (nSPS) is 13.6. The van der Waals surface area contributed by atoms with Gasteiger partial charge in [0, 0.05) is 23.4 Å². The van der Waals surface area contributed by atoms with Crippen LogP contribution in [-0.2, 0) is 27.3 Å². The van der Waals surface area contributed by atoms with Crippen LogP contribution in [0, 0.1) is 6.92 Å². The Kier molecular flexibility index (Phi) is 8.76.